The molecule has 0 saturated heterocycles. The molecule has 0 saturated carbocycles. The lowest BCUT2D eigenvalue weighted by Crippen LogP contribution is -2.21. The Balaban J connectivity index is 2.24. The number of rotatable bonds is 3. The molecule has 136 valence electrons. The zero-order chi connectivity index (χ0) is 19.2. The number of nitrogens with zero attached hydrogens (tertiary/aromatic N) is 3. The number of hydrogen-bond acceptors (Lipinski definition) is 7. The van der Waals surface area contributed by atoms with Crippen molar-refractivity contribution in [1.82, 2.24) is 14.9 Å². The highest BCUT2D eigenvalue weighted by atomic mass is 32.2. The quantitative estimate of drug-likeness (QED) is 0.641. The Bertz CT molecular complexity index is 1110. The van der Waals surface area contributed by atoms with Crippen LogP contribution in [0.2, 0.25) is 0 Å². The lowest BCUT2D eigenvalue weighted by molar-refractivity contribution is 0.103. The molecular weight excluding hydrogens is 358 g/mol. The molecule has 0 fully saturated rings. The Morgan fingerprint density at radius 2 is 2.04 bits per heavy atom. The number of carbonyl (C=O) groups is 1. The third kappa shape index (κ3) is 2.80. The van der Waals surface area contributed by atoms with E-state index in [4.69, 9.17) is 4.52 Å². The van der Waals surface area contributed by atoms with Crippen LogP contribution in [0.25, 0.3) is 5.57 Å². The van der Waals surface area contributed by atoms with Crippen LogP contribution in [0.5, 0.6) is 5.88 Å². The summed E-state index contributed by atoms with van der Waals surface area (Å²) < 4.78 is 29.9. The van der Waals surface area contributed by atoms with Crippen molar-refractivity contribution in [2.45, 2.75) is 20.8 Å². The van der Waals surface area contributed by atoms with Gasteiger partial charge in [-0.15, -0.1) is 0 Å². The third-order valence-electron chi connectivity index (χ3n) is 4.44. The molecule has 0 amide bonds. The molecule has 2 aromatic rings. The topological polar surface area (TPSA) is 115 Å². The molecule has 0 aliphatic heterocycles. The van der Waals surface area contributed by atoms with Crippen LogP contribution in [0.1, 0.15) is 35.7 Å². The fourth-order valence-electron chi connectivity index (χ4n) is 3.04. The van der Waals surface area contributed by atoms with Crippen LogP contribution < -0.4 is 0 Å². The van der Waals surface area contributed by atoms with Crippen LogP contribution in [0.4, 0.5) is 0 Å². The van der Waals surface area contributed by atoms with Gasteiger partial charge in [-0.05, 0) is 25.5 Å². The van der Waals surface area contributed by atoms with Gasteiger partial charge in [0.2, 0.25) is 16.2 Å². The van der Waals surface area contributed by atoms with Gasteiger partial charge in [0.15, 0.2) is 11.5 Å². The Morgan fingerprint density at radius 3 is 2.54 bits per heavy atom. The predicted octanol–water partition coefficient (Wildman–Crippen LogP) is 1.71. The smallest absolute Gasteiger partial charge is 0.220 e. The predicted molar refractivity (Wildman–Crippen MR) is 94.2 cm³/mol. The molecule has 1 atom stereocenters. The van der Waals surface area contributed by atoms with Crippen LogP contribution in [0, 0.1) is 12.8 Å². The van der Waals surface area contributed by atoms with Crippen molar-refractivity contribution in [1.29, 1.82) is 0 Å². The van der Waals surface area contributed by atoms with E-state index in [-0.39, 0.29) is 21.9 Å². The fourth-order valence-corrected chi connectivity index (χ4v) is 3.66. The zero-order valence-electron chi connectivity index (χ0n) is 14.6. The highest BCUT2D eigenvalue weighted by Gasteiger charge is 2.32. The summed E-state index contributed by atoms with van der Waals surface area (Å²) in [5.74, 6) is -0.898. The number of allylic oxidation sites excluding steroid dienone is 4. The second kappa shape index (κ2) is 6.41. The minimum Gasteiger partial charge on any atom is -0.493 e. The van der Waals surface area contributed by atoms with Gasteiger partial charge in [0.1, 0.15) is 5.56 Å². The molecule has 0 radical (unpaired) electrons. The molecule has 1 unspecified atom stereocenters. The van der Waals surface area contributed by atoms with E-state index in [1.54, 1.807) is 26.8 Å². The van der Waals surface area contributed by atoms with Crippen LogP contribution >= 0.6 is 0 Å². The monoisotopic (exact) mass is 375 g/mol. The molecule has 3 rings (SSSR count). The summed E-state index contributed by atoms with van der Waals surface area (Å²) in [7, 11) is -1.02. The van der Waals surface area contributed by atoms with Gasteiger partial charge in [-0.1, -0.05) is 12.1 Å². The van der Waals surface area contributed by atoms with Crippen LogP contribution in [0.15, 0.2) is 34.0 Å². The Labute approximate surface area is 151 Å². The first-order valence-electron chi connectivity index (χ1n) is 7.80. The summed E-state index contributed by atoms with van der Waals surface area (Å²) in [6, 6.07) is 1.69. The van der Waals surface area contributed by atoms with E-state index < -0.39 is 22.0 Å². The van der Waals surface area contributed by atoms with E-state index in [1.165, 1.54) is 19.3 Å². The van der Waals surface area contributed by atoms with E-state index in [0.29, 0.717) is 22.6 Å². The number of aromatic hydroxyl groups is 1. The van der Waals surface area contributed by atoms with Gasteiger partial charge in [-0.2, -0.15) is 13.5 Å². The molecule has 8 nitrogen and oxygen atoms in total. The van der Waals surface area contributed by atoms with Crippen molar-refractivity contribution in [2.24, 2.45) is 13.0 Å². The van der Waals surface area contributed by atoms with E-state index in [0.717, 1.165) is 4.68 Å². The van der Waals surface area contributed by atoms with E-state index in [2.05, 4.69) is 10.3 Å². The Hall–Kier alpha value is -2.94. The van der Waals surface area contributed by atoms with Gasteiger partial charge in [-0.25, -0.2) is 4.68 Å². The van der Waals surface area contributed by atoms with Crippen molar-refractivity contribution in [2.75, 3.05) is 0 Å². The molecule has 1 N–H and O–H groups in total. The number of aryl methyl sites for hydroxylation is 2. The van der Waals surface area contributed by atoms with Crippen LogP contribution in [-0.4, -0.2) is 39.1 Å². The van der Waals surface area contributed by atoms with Gasteiger partial charge in [0.25, 0.3) is 0 Å². The molecule has 2 heterocycles. The van der Waals surface area contributed by atoms with Crippen LogP contribution in [0.3, 0.4) is 0 Å². The molecule has 0 aromatic carbocycles. The van der Waals surface area contributed by atoms with Crippen LogP contribution in [-0.2, 0) is 17.3 Å². The molecule has 9 heteroatoms. The second-order valence-electron chi connectivity index (χ2n) is 6.12. The molecular formula is C17H17N3O5S. The maximum absolute atomic E-state index is 12.9. The maximum Gasteiger partial charge on any atom is 0.220 e. The third-order valence-corrected chi connectivity index (χ3v) is 5.29. The number of ketones is 1. The average Bonchev–Trinajstić information content (AvgIpc) is 3.13. The van der Waals surface area contributed by atoms with E-state index in [9.17, 15) is 18.3 Å². The first-order chi connectivity index (χ1) is 12.2. The first kappa shape index (κ1) is 17.9. The minimum atomic E-state index is -2.52. The van der Waals surface area contributed by atoms with Crippen molar-refractivity contribution in [3.8, 4) is 5.88 Å². The standard InChI is InChI=1S/C17H17N3O5S/c1-8-5-13(25-19-8)15-9(2)11(6-14(10(15)3)26(23)24)16(21)12-7-18-20(4)17(12)22/h5-7,10,22H,1-4H3. The summed E-state index contributed by atoms with van der Waals surface area (Å²) >= 11 is 0. The molecule has 0 spiro atoms. The summed E-state index contributed by atoms with van der Waals surface area (Å²) in [4.78, 5) is 13.0. The van der Waals surface area contributed by atoms with Gasteiger partial charge in [0.05, 0.1) is 16.8 Å². The molecule has 2 aromatic heterocycles. The Kier molecular flexibility index (Phi) is 4.41. The Morgan fingerprint density at radius 1 is 1.35 bits per heavy atom. The van der Waals surface area contributed by atoms with Gasteiger partial charge < -0.3 is 9.63 Å². The van der Waals surface area contributed by atoms with Crippen molar-refractivity contribution >= 4 is 26.5 Å². The largest absolute Gasteiger partial charge is 0.493 e. The fraction of sp³-hybridized carbons (Fsp3) is 0.294. The summed E-state index contributed by atoms with van der Waals surface area (Å²) in [6.45, 7) is 5.19. The molecule has 26 heavy (non-hydrogen) atoms. The van der Waals surface area contributed by atoms with Gasteiger partial charge in [-0.3, -0.25) is 4.79 Å². The van der Waals surface area contributed by atoms with Crippen molar-refractivity contribution in [3.63, 3.8) is 0 Å². The van der Waals surface area contributed by atoms with E-state index in [1.807, 2.05) is 0 Å². The number of aromatic nitrogens is 3. The summed E-state index contributed by atoms with van der Waals surface area (Å²) in [5, 5.41) is 17.7. The summed E-state index contributed by atoms with van der Waals surface area (Å²) in [5.41, 5.74) is 1.94. The minimum absolute atomic E-state index is 0.00298. The van der Waals surface area contributed by atoms with Crippen molar-refractivity contribution in [3.05, 3.63) is 46.5 Å². The molecule has 1 aliphatic rings. The average molecular weight is 375 g/mol. The number of hydrogen-bond donors (Lipinski definition) is 1. The maximum atomic E-state index is 12.9. The SMILES string of the molecule is CC1=C(c2cc(C)no2)C(C)C(=S(=O)=O)C=C1C(=O)c1cnn(C)c1O. The van der Waals surface area contributed by atoms with Crippen molar-refractivity contribution < 1.29 is 22.8 Å². The number of Topliss-reactive ketones (excluding diaryl/α,β-unsaturated/α-hetero) is 1. The normalized spacial score (nSPS) is 17.5. The first-order valence-corrected chi connectivity index (χ1v) is 8.88. The molecule has 0 bridgehead atoms. The van der Waals surface area contributed by atoms with Gasteiger partial charge >= 0.3 is 0 Å². The lowest BCUT2D eigenvalue weighted by atomic mass is 9.81. The summed E-state index contributed by atoms with van der Waals surface area (Å²) in [6.07, 6.45) is 2.58. The van der Waals surface area contributed by atoms with E-state index >= 15 is 0 Å². The molecule has 1 aliphatic carbocycles. The zero-order valence-corrected chi connectivity index (χ0v) is 15.5. The highest BCUT2D eigenvalue weighted by Crippen LogP contribution is 2.37. The lowest BCUT2D eigenvalue weighted by Gasteiger charge is -2.22. The second-order valence-corrected chi connectivity index (χ2v) is 7.06. The van der Waals surface area contributed by atoms with Gasteiger partial charge in [0, 0.05) is 30.2 Å². The number of carbonyl (C=O) groups excluding carboxylic acids is 1. The highest BCUT2D eigenvalue weighted by molar-refractivity contribution is 7.73.